The Hall–Kier alpha value is 0.210. The molecule has 0 unspecified atom stereocenters. The average Bonchev–Trinajstić information content (AvgIpc) is 1.97. The molecular formula is C7H15ClO2. The number of methoxy groups -OCH3 is 1. The fourth-order valence-electron chi connectivity index (χ4n) is 0.543. The number of ether oxygens (including phenoxy) is 2. The third kappa shape index (κ3) is 8.21. The van der Waals surface area contributed by atoms with E-state index in [4.69, 9.17) is 21.1 Å². The van der Waals surface area contributed by atoms with E-state index in [9.17, 15) is 0 Å². The summed E-state index contributed by atoms with van der Waals surface area (Å²) in [5, 5.41) is 0. The molecule has 0 rings (SSSR count). The smallest absolute Gasteiger partial charge is 0.0700 e. The molecular weight excluding hydrogens is 152 g/mol. The van der Waals surface area contributed by atoms with Gasteiger partial charge in [-0.25, -0.2) is 0 Å². The molecule has 0 heterocycles. The average molecular weight is 167 g/mol. The van der Waals surface area contributed by atoms with Gasteiger partial charge in [0.1, 0.15) is 0 Å². The Morgan fingerprint density at radius 2 is 1.90 bits per heavy atom. The van der Waals surface area contributed by atoms with E-state index in [-0.39, 0.29) is 0 Å². The van der Waals surface area contributed by atoms with Gasteiger partial charge in [0.2, 0.25) is 0 Å². The van der Waals surface area contributed by atoms with E-state index in [0.29, 0.717) is 13.2 Å². The van der Waals surface area contributed by atoms with Gasteiger partial charge >= 0.3 is 0 Å². The molecule has 0 aliphatic heterocycles. The summed E-state index contributed by atoms with van der Waals surface area (Å²) in [7, 11) is 1.67. The van der Waals surface area contributed by atoms with E-state index in [1.165, 1.54) is 0 Å². The lowest BCUT2D eigenvalue weighted by Gasteiger charge is -2.00. The van der Waals surface area contributed by atoms with Crippen LogP contribution in [0.5, 0.6) is 0 Å². The fraction of sp³-hybridized carbons (Fsp3) is 1.00. The highest BCUT2D eigenvalue weighted by Gasteiger charge is 1.87. The van der Waals surface area contributed by atoms with Gasteiger partial charge in [-0.1, -0.05) is 0 Å². The molecule has 0 fully saturated rings. The lowest BCUT2D eigenvalue weighted by Crippen LogP contribution is -2.02. The SMILES string of the molecule is COCCOCCCCCl. The summed E-state index contributed by atoms with van der Waals surface area (Å²) in [6.07, 6.45) is 2.09. The Morgan fingerprint density at radius 3 is 2.50 bits per heavy atom. The molecule has 0 bridgehead atoms. The first-order valence-electron chi connectivity index (χ1n) is 3.54. The largest absolute Gasteiger partial charge is 0.382 e. The summed E-state index contributed by atoms with van der Waals surface area (Å²) in [6.45, 7) is 2.18. The van der Waals surface area contributed by atoms with Crippen LogP contribution in [0.15, 0.2) is 0 Å². The molecule has 2 nitrogen and oxygen atoms in total. The number of hydrogen-bond acceptors (Lipinski definition) is 2. The zero-order valence-corrected chi connectivity index (χ0v) is 7.19. The number of rotatable bonds is 7. The monoisotopic (exact) mass is 166 g/mol. The van der Waals surface area contributed by atoms with Gasteiger partial charge in [0, 0.05) is 19.6 Å². The van der Waals surface area contributed by atoms with Crippen LogP contribution in [-0.2, 0) is 9.47 Å². The minimum Gasteiger partial charge on any atom is -0.382 e. The highest BCUT2D eigenvalue weighted by atomic mass is 35.5. The molecule has 3 heteroatoms. The Bertz CT molecular complexity index is 51.6. The van der Waals surface area contributed by atoms with Crippen molar-refractivity contribution in [2.24, 2.45) is 0 Å². The van der Waals surface area contributed by atoms with Crippen molar-refractivity contribution in [3.05, 3.63) is 0 Å². The van der Waals surface area contributed by atoms with Gasteiger partial charge in [0.05, 0.1) is 13.2 Å². The van der Waals surface area contributed by atoms with E-state index < -0.39 is 0 Å². The van der Waals surface area contributed by atoms with Crippen LogP contribution in [0.2, 0.25) is 0 Å². The van der Waals surface area contributed by atoms with Crippen molar-refractivity contribution in [2.75, 3.05) is 32.8 Å². The third-order valence-electron chi connectivity index (χ3n) is 1.10. The minimum absolute atomic E-state index is 0.681. The van der Waals surface area contributed by atoms with Crippen LogP contribution in [0.25, 0.3) is 0 Å². The van der Waals surface area contributed by atoms with Gasteiger partial charge in [0.25, 0.3) is 0 Å². The molecule has 0 aromatic carbocycles. The van der Waals surface area contributed by atoms with Gasteiger partial charge < -0.3 is 9.47 Å². The molecule has 0 aliphatic rings. The van der Waals surface area contributed by atoms with Crippen LogP contribution in [0.3, 0.4) is 0 Å². The number of unbranched alkanes of at least 4 members (excludes halogenated alkanes) is 1. The summed E-state index contributed by atoms with van der Waals surface area (Å²) < 4.78 is 9.99. The Balaban J connectivity index is 2.65. The van der Waals surface area contributed by atoms with Crippen LogP contribution in [0.1, 0.15) is 12.8 Å². The van der Waals surface area contributed by atoms with Gasteiger partial charge in [0.15, 0.2) is 0 Å². The third-order valence-corrected chi connectivity index (χ3v) is 1.37. The van der Waals surface area contributed by atoms with Gasteiger partial charge in [-0.2, -0.15) is 0 Å². The highest BCUT2D eigenvalue weighted by Crippen LogP contribution is 1.91. The zero-order chi connectivity index (χ0) is 7.66. The van der Waals surface area contributed by atoms with Gasteiger partial charge in [-0.3, -0.25) is 0 Å². The maximum atomic E-state index is 5.46. The van der Waals surface area contributed by atoms with Crippen molar-refractivity contribution >= 4 is 11.6 Å². The second-order valence-corrected chi connectivity index (χ2v) is 2.38. The molecule has 0 radical (unpaired) electrons. The number of halogens is 1. The predicted molar refractivity (Wildman–Crippen MR) is 42.6 cm³/mol. The first-order chi connectivity index (χ1) is 4.91. The van der Waals surface area contributed by atoms with Crippen molar-refractivity contribution in [2.45, 2.75) is 12.8 Å². The summed E-state index contributed by atoms with van der Waals surface area (Å²) in [5.74, 6) is 0.730. The summed E-state index contributed by atoms with van der Waals surface area (Å²) in [6, 6.07) is 0. The highest BCUT2D eigenvalue weighted by molar-refractivity contribution is 6.17. The van der Waals surface area contributed by atoms with E-state index >= 15 is 0 Å². The van der Waals surface area contributed by atoms with E-state index in [1.54, 1.807) is 7.11 Å². The predicted octanol–water partition coefficient (Wildman–Crippen LogP) is 1.67. The Kier molecular flexibility index (Phi) is 9.40. The topological polar surface area (TPSA) is 18.5 Å². The molecule has 10 heavy (non-hydrogen) atoms. The fourth-order valence-corrected chi connectivity index (χ4v) is 0.732. The summed E-state index contributed by atoms with van der Waals surface area (Å²) in [4.78, 5) is 0. The van der Waals surface area contributed by atoms with Crippen molar-refractivity contribution in [1.29, 1.82) is 0 Å². The van der Waals surface area contributed by atoms with Crippen molar-refractivity contribution in [3.8, 4) is 0 Å². The molecule has 0 spiro atoms. The lowest BCUT2D eigenvalue weighted by molar-refractivity contribution is 0.0693. The second kappa shape index (κ2) is 9.21. The van der Waals surface area contributed by atoms with Crippen LogP contribution >= 0.6 is 11.6 Å². The summed E-state index contributed by atoms with van der Waals surface area (Å²) in [5.41, 5.74) is 0. The number of alkyl halides is 1. The quantitative estimate of drug-likeness (QED) is 0.423. The van der Waals surface area contributed by atoms with E-state index in [0.717, 1.165) is 25.3 Å². The maximum Gasteiger partial charge on any atom is 0.0700 e. The molecule has 0 atom stereocenters. The first kappa shape index (κ1) is 10.2. The van der Waals surface area contributed by atoms with Gasteiger partial charge in [-0.15, -0.1) is 11.6 Å². The minimum atomic E-state index is 0.681. The van der Waals surface area contributed by atoms with Crippen molar-refractivity contribution in [3.63, 3.8) is 0 Å². The molecule has 62 valence electrons. The molecule has 0 aromatic rings. The molecule has 0 N–H and O–H groups in total. The second-order valence-electron chi connectivity index (χ2n) is 2.00. The Morgan fingerprint density at radius 1 is 1.10 bits per heavy atom. The van der Waals surface area contributed by atoms with Crippen LogP contribution in [0, 0.1) is 0 Å². The van der Waals surface area contributed by atoms with Gasteiger partial charge in [-0.05, 0) is 12.8 Å². The van der Waals surface area contributed by atoms with Crippen molar-refractivity contribution in [1.82, 2.24) is 0 Å². The standard InChI is InChI=1S/C7H15ClO2/c1-9-6-7-10-5-3-2-4-8/h2-7H2,1H3. The van der Waals surface area contributed by atoms with Crippen molar-refractivity contribution < 1.29 is 9.47 Å². The van der Waals surface area contributed by atoms with E-state index in [2.05, 4.69) is 0 Å². The lowest BCUT2D eigenvalue weighted by atomic mass is 10.4. The molecule has 0 aromatic heterocycles. The molecule has 0 amide bonds. The summed E-state index contributed by atoms with van der Waals surface area (Å²) >= 11 is 5.46. The zero-order valence-electron chi connectivity index (χ0n) is 6.44. The molecule has 0 saturated heterocycles. The van der Waals surface area contributed by atoms with E-state index in [1.807, 2.05) is 0 Å². The maximum absolute atomic E-state index is 5.46. The Labute approximate surface area is 67.5 Å². The molecule has 0 aliphatic carbocycles. The first-order valence-corrected chi connectivity index (χ1v) is 4.08. The van der Waals surface area contributed by atoms with Crippen LogP contribution in [0.4, 0.5) is 0 Å². The number of hydrogen-bond donors (Lipinski definition) is 0. The molecule has 0 saturated carbocycles. The van der Waals surface area contributed by atoms with Crippen LogP contribution < -0.4 is 0 Å². The van der Waals surface area contributed by atoms with Crippen LogP contribution in [-0.4, -0.2) is 32.8 Å². The normalized spacial score (nSPS) is 10.2.